The third-order valence-electron chi connectivity index (χ3n) is 7.70. The van der Waals surface area contributed by atoms with Gasteiger partial charge in [0.2, 0.25) is 6.43 Å². The second kappa shape index (κ2) is 11.4. The molecule has 0 radical (unpaired) electrons. The first-order chi connectivity index (χ1) is 18.4. The molecule has 3 heterocycles. The lowest BCUT2D eigenvalue weighted by Gasteiger charge is -2.22. The van der Waals surface area contributed by atoms with Crippen LogP contribution in [0.4, 0.5) is 14.6 Å². The molecule has 1 atom stereocenters. The van der Waals surface area contributed by atoms with Crippen molar-refractivity contribution in [2.45, 2.75) is 75.5 Å². The highest BCUT2D eigenvalue weighted by Crippen LogP contribution is 2.53. The molecule has 1 unspecified atom stereocenters. The van der Waals surface area contributed by atoms with Gasteiger partial charge in [0.25, 0.3) is 0 Å². The van der Waals surface area contributed by atoms with Crippen molar-refractivity contribution in [1.29, 1.82) is 0 Å². The van der Waals surface area contributed by atoms with Crippen molar-refractivity contribution in [1.82, 2.24) is 9.97 Å². The zero-order valence-electron chi connectivity index (χ0n) is 21.5. The maximum Gasteiger partial charge on any atom is 0.303 e. The Kier molecular flexibility index (Phi) is 7.93. The largest absolute Gasteiger partial charge is 0.496 e. The number of carbonyl (C=O) groups is 1. The maximum atomic E-state index is 13.8. The van der Waals surface area contributed by atoms with Crippen molar-refractivity contribution in [2.75, 3.05) is 19.0 Å². The van der Waals surface area contributed by atoms with E-state index in [1.807, 2.05) is 5.38 Å². The number of fused-ring (bicyclic) bond motifs is 1. The minimum absolute atomic E-state index is 0.133. The van der Waals surface area contributed by atoms with Crippen LogP contribution < -0.4 is 10.1 Å². The molecular weight excluding hydrogens is 508 g/mol. The molecule has 38 heavy (non-hydrogen) atoms. The lowest BCUT2D eigenvalue weighted by atomic mass is 9.86. The number of carboxylic acid groups (broad SMARTS) is 1. The molecule has 6 nitrogen and oxygen atoms in total. The molecule has 2 aliphatic rings. The maximum absolute atomic E-state index is 13.8. The van der Waals surface area contributed by atoms with E-state index < -0.39 is 23.7 Å². The molecule has 2 aromatic heterocycles. The van der Waals surface area contributed by atoms with E-state index in [1.165, 1.54) is 12.7 Å². The van der Waals surface area contributed by atoms with Gasteiger partial charge in [0.1, 0.15) is 11.6 Å². The standard InChI is InChI=1S/C29H33F2N3O3S/c1-37-24-10-8-20(29(11-12-29)28(30)31)16-23(24)19(15-26(35)36)14-22-17-38-25(33-22)6-2-5-21-9-7-18-4-3-13-32-27(18)34-21/h7-10,16-17,19,28H,2-6,11-15H2,1H3,(H,32,34)(H,35,36). The van der Waals surface area contributed by atoms with E-state index in [9.17, 15) is 18.7 Å². The van der Waals surface area contributed by atoms with Gasteiger partial charge < -0.3 is 15.2 Å². The quantitative estimate of drug-likeness (QED) is 0.285. The topological polar surface area (TPSA) is 84.3 Å². The number of methoxy groups -OCH3 is 1. The predicted molar refractivity (Wildman–Crippen MR) is 144 cm³/mol. The fourth-order valence-electron chi connectivity index (χ4n) is 5.37. The molecule has 1 saturated carbocycles. The Morgan fingerprint density at radius 2 is 2.03 bits per heavy atom. The molecule has 0 saturated heterocycles. The first-order valence-corrected chi connectivity index (χ1v) is 14.1. The summed E-state index contributed by atoms with van der Waals surface area (Å²) in [5.74, 6) is 0.154. The van der Waals surface area contributed by atoms with E-state index in [2.05, 4.69) is 17.4 Å². The van der Waals surface area contributed by atoms with Gasteiger partial charge in [0.05, 0.1) is 29.6 Å². The number of rotatable bonds is 12. The highest BCUT2D eigenvalue weighted by atomic mass is 32.1. The van der Waals surface area contributed by atoms with Crippen LogP contribution in [0.25, 0.3) is 0 Å². The number of hydrogen-bond acceptors (Lipinski definition) is 6. The highest BCUT2D eigenvalue weighted by Gasteiger charge is 2.52. The first-order valence-electron chi connectivity index (χ1n) is 13.2. The summed E-state index contributed by atoms with van der Waals surface area (Å²) in [4.78, 5) is 21.3. The fourth-order valence-corrected chi connectivity index (χ4v) is 6.23. The van der Waals surface area contributed by atoms with Crippen LogP contribution in [0.5, 0.6) is 5.75 Å². The molecular formula is C29H33F2N3O3S. The Morgan fingerprint density at radius 1 is 1.18 bits per heavy atom. The summed E-state index contributed by atoms with van der Waals surface area (Å²) >= 11 is 1.57. The number of alkyl halides is 2. The average Bonchev–Trinajstić information content (AvgIpc) is 3.62. The Bertz CT molecular complexity index is 1290. The number of thiazole rings is 1. The Morgan fingerprint density at radius 3 is 2.76 bits per heavy atom. The number of nitrogens with one attached hydrogen (secondary N) is 1. The van der Waals surface area contributed by atoms with E-state index in [-0.39, 0.29) is 6.42 Å². The fraction of sp³-hybridized carbons (Fsp3) is 0.483. The Balaban J connectivity index is 1.27. The molecule has 3 aromatic rings. The number of benzene rings is 1. The SMILES string of the molecule is COc1ccc(C2(C(F)F)CC2)cc1C(CC(=O)O)Cc1csc(CCCc2ccc3c(n2)NCCC3)n1. The number of hydrogen-bond donors (Lipinski definition) is 2. The van der Waals surface area contributed by atoms with Gasteiger partial charge in [-0.25, -0.2) is 18.7 Å². The normalized spacial score (nSPS) is 16.5. The van der Waals surface area contributed by atoms with E-state index in [1.54, 1.807) is 29.5 Å². The molecule has 1 aliphatic heterocycles. The van der Waals surface area contributed by atoms with Crippen LogP contribution >= 0.6 is 11.3 Å². The molecule has 1 fully saturated rings. The summed E-state index contributed by atoms with van der Waals surface area (Å²) in [6.45, 7) is 0.970. The van der Waals surface area contributed by atoms with Crippen molar-refractivity contribution >= 4 is 23.1 Å². The second-order valence-corrected chi connectivity index (χ2v) is 11.3. The average molecular weight is 542 g/mol. The van der Waals surface area contributed by atoms with Gasteiger partial charge in [0.15, 0.2) is 0 Å². The third-order valence-corrected chi connectivity index (χ3v) is 8.66. The number of halogens is 2. The lowest BCUT2D eigenvalue weighted by Crippen LogP contribution is -2.19. The van der Waals surface area contributed by atoms with Gasteiger partial charge in [-0.2, -0.15) is 0 Å². The minimum Gasteiger partial charge on any atom is -0.496 e. The number of carboxylic acids is 1. The number of aromatic nitrogens is 2. The summed E-state index contributed by atoms with van der Waals surface area (Å²) in [6, 6.07) is 9.40. The van der Waals surface area contributed by atoms with E-state index in [0.717, 1.165) is 60.9 Å². The van der Waals surface area contributed by atoms with Crippen LogP contribution in [0.15, 0.2) is 35.7 Å². The van der Waals surface area contributed by atoms with Crippen LogP contribution in [0.3, 0.4) is 0 Å². The zero-order valence-corrected chi connectivity index (χ0v) is 22.3. The number of nitrogens with zero attached hydrogens (tertiary/aromatic N) is 2. The molecule has 202 valence electrons. The molecule has 9 heteroatoms. The summed E-state index contributed by atoms with van der Waals surface area (Å²) in [5.41, 5.74) is 3.26. The van der Waals surface area contributed by atoms with Crippen molar-refractivity contribution in [3.8, 4) is 5.75 Å². The van der Waals surface area contributed by atoms with Crippen LogP contribution in [0.2, 0.25) is 0 Å². The lowest BCUT2D eigenvalue weighted by molar-refractivity contribution is -0.137. The summed E-state index contributed by atoms with van der Waals surface area (Å²) in [6.07, 6.45) is 3.51. The molecule has 0 spiro atoms. The summed E-state index contributed by atoms with van der Waals surface area (Å²) in [7, 11) is 1.52. The van der Waals surface area contributed by atoms with Crippen molar-refractivity contribution in [2.24, 2.45) is 0 Å². The molecule has 1 aromatic carbocycles. The van der Waals surface area contributed by atoms with Gasteiger partial charge >= 0.3 is 5.97 Å². The number of pyridine rings is 1. The minimum atomic E-state index is -2.45. The molecule has 2 N–H and O–H groups in total. The van der Waals surface area contributed by atoms with E-state index >= 15 is 0 Å². The number of ether oxygens (including phenoxy) is 1. The van der Waals surface area contributed by atoms with Crippen molar-refractivity contribution in [3.05, 3.63) is 68.8 Å². The smallest absolute Gasteiger partial charge is 0.303 e. The van der Waals surface area contributed by atoms with Gasteiger partial charge in [-0.1, -0.05) is 18.2 Å². The highest BCUT2D eigenvalue weighted by molar-refractivity contribution is 7.09. The van der Waals surface area contributed by atoms with Crippen molar-refractivity contribution in [3.63, 3.8) is 0 Å². The Hall–Kier alpha value is -3.07. The summed E-state index contributed by atoms with van der Waals surface area (Å²) in [5, 5.41) is 16.0. The second-order valence-electron chi connectivity index (χ2n) is 10.3. The van der Waals surface area contributed by atoms with Gasteiger partial charge in [-0.15, -0.1) is 11.3 Å². The monoisotopic (exact) mass is 541 g/mol. The van der Waals surface area contributed by atoms with Crippen LogP contribution in [-0.4, -0.2) is 41.1 Å². The van der Waals surface area contributed by atoms with Crippen LogP contribution in [0.1, 0.15) is 71.1 Å². The summed E-state index contributed by atoms with van der Waals surface area (Å²) < 4.78 is 33.1. The third kappa shape index (κ3) is 5.82. The van der Waals surface area contributed by atoms with Gasteiger partial charge in [0, 0.05) is 23.5 Å². The van der Waals surface area contributed by atoms with E-state index in [0.29, 0.717) is 36.1 Å². The van der Waals surface area contributed by atoms with Gasteiger partial charge in [-0.05, 0) is 80.2 Å². The first kappa shape index (κ1) is 26.5. The molecule has 1 aliphatic carbocycles. The van der Waals surface area contributed by atoms with Gasteiger partial charge in [-0.3, -0.25) is 4.79 Å². The van der Waals surface area contributed by atoms with Crippen LogP contribution in [-0.2, 0) is 35.9 Å². The molecule has 0 amide bonds. The molecule has 0 bridgehead atoms. The number of anilines is 1. The number of aliphatic carboxylic acids is 1. The van der Waals surface area contributed by atoms with Crippen LogP contribution in [0, 0.1) is 0 Å². The van der Waals surface area contributed by atoms with Crippen molar-refractivity contribution < 1.29 is 23.4 Å². The molecule has 5 rings (SSSR count). The zero-order chi connectivity index (χ0) is 26.7. The Labute approximate surface area is 225 Å². The number of aryl methyl sites for hydroxylation is 3. The predicted octanol–water partition coefficient (Wildman–Crippen LogP) is 6.18. The van der Waals surface area contributed by atoms with E-state index in [4.69, 9.17) is 14.7 Å².